The molecule has 1 aliphatic heterocycles. The van der Waals surface area contributed by atoms with Crippen molar-refractivity contribution in [1.29, 1.82) is 5.26 Å². The van der Waals surface area contributed by atoms with Crippen molar-refractivity contribution in [3.05, 3.63) is 88.7 Å². The Morgan fingerprint density at radius 1 is 0.844 bits per heavy atom. The van der Waals surface area contributed by atoms with Crippen LogP contribution in [0.2, 0.25) is 5.02 Å². The van der Waals surface area contributed by atoms with Crippen LogP contribution in [0.25, 0.3) is 10.8 Å². The molecule has 2 aromatic heterocycles. The van der Waals surface area contributed by atoms with Crippen LogP contribution in [0.1, 0.15) is 16.8 Å². The Morgan fingerprint density at radius 2 is 1.56 bits per heavy atom. The van der Waals surface area contributed by atoms with Crippen LogP contribution < -0.4 is 9.80 Å². The molecule has 3 heterocycles. The molecule has 0 unspecified atom stereocenters. The summed E-state index contributed by atoms with van der Waals surface area (Å²) in [5.41, 5.74) is 2.55. The van der Waals surface area contributed by atoms with Gasteiger partial charge in [0.1, 0.15) is 11.9 Å². The van der Waals surface area contributed by atoms with E-state index in [9.17, 15) is 0 Å². The predicted molar refractivity (Wildman–Crippen MR) is 127 cm³/mol. The van der Waals surface area contributed by atoms with E-state index in [2.05, 4.69) is 43.2 Å². The summed E-state index contributed by atoms with van der Waals surface area (Å²) >= 11 is 6.38. The lowest BCUT2D eigenvalue weighted by molar-refractivity contribution is 0.639. The van der Waals surface area contributed by atoms with Gasteiger partial charge in [0, 0.05) is 54.6 Å². The molecule has 0 N–H and O–H groups in total. The zero-order chi connectivity index (χ0) is 21.9. The third-order valence-electron chi connectivity index (χ3n) is 5.84. The van der Waals surface area contributed by atoms with Crippen molar-refractivity contribution in [2.24, 2.45) is 0 Å². The van der Waals surface area contributed by atoms with Crippen LogP contribution in [0.15, 0.2) is 66.9 Å². The minimum Gasteiger partial charge on any atom is -0.353 e. The van der Waals surface area contributed by atoms with Crippen molar-refractivity contribution in [1.82, 2.24) is 15.2 Å². The number of fused-ring (bicyclic) bond motifs is 1. The summed E-state index contributed by atoms with van der Waals surface area (Å²) in [6.07, 6.45) is 2.27. The Balaban J connectivity index is 1.38. The molecule has 0 amide bonds. The highest BCUT2D eigenvalue weighted by atomic mass is 35.5. The molecule has 0 spiro atoms. The second-order valence-electron chi connectivity index (χ2n) is 7.78. The summed E-state index contributed by atoms with van der Waals surface area (Å²) in [5, 5.41) is 21.2. The lowest BCUT2D eigenvalue weighted by Crippen LogP contribution is -2.47. The fourth-order valence-corrected chi connectivity index (χ4v) is 4.32. The molecule has 158 valence electrons. The number of nitrogens with zero attached hydrogens (tertiary/aromatic N) is 6. The summed E-state index contributed by atoms with van der Waals surface area (Å²) in [4.78, 5) is 8.95. The highest BCUT2D eigenvalue weighted by Gasteiger charge is 2.22. The Labute approximate surface area is 191 Å². The Bertz CT molecular complexity index is 1290. The zero-order valence-electron chi connectivity index (χ0n) is 17.4. The molecule has 0 radical (unpaired) electrons. The minimum atomic E-state index is 0.575. The second-order valence-corrected chi connectivity index (χ2v) is 8.18. The van der Waals surface area contributed by atoms with Crippen LogP contribution in [-0.2, 0) is 6.42 Å². The van der Waals surface area contributed by atoms with E-state index >= 15 is 0 Å². The molecule has 1 aliphatic rings. The van der Waals surface area contributed by atoms with E-state index in [-0.39, 0.29) is 0 Å². The van der Waals surface area contributed by atoms with E-state index in [1.54, 1.807) is 6.20 Å². The molecule has 0 aliphatic carbocycles. The largest absolute Gasteiger partial charge is 0.353 e. The summed E-state index contributed by atoms with van der Waals surface area (Å²) in [5.74, 6) is 1.81. The molecule has 0 atom stereocenters. The van der Waals surface area contributed by atoms with Gasteiger partial charge in [0.05, 0.1) is 11.3 Å². The van der Waals surface area contributed by atoms with E-state index < -0.39 is 0 Å². The predicted octanol–water partition coefficient (Wildman–Crippen LogP) is 4.47. The van der Waals surface area contributed by atoms with E-state index in [1.165, 1.54) is 0 Å². The maximum absolute atomic E-state index is 8.97. The monoisotopic (exact) mass is 440 g/mol. The van der Waals surface area contributed by atoms with Gasteiger partial charge in [0.15, 0.2) is 5.82 Å². The molecule has 4 aromatic rings. The summed E-state index contributed by atoms with van der Waals surface area (Å²) in [7, 11) is 0. The molecule has 0 bridgehead atoms. The van der Waals surface area contributed by atoms with E-state index in [0.29, 0.717) is 12.0 Å². The summed E-state index contributed by atoms with van der Waals surface area (Å²) in [6.45, 7) is 3.31. The normalized spacial score (nSPS) is 13.9. The standard InChI is InChI=1S/C25H21ClN6/c26-22-8-4-1-5-19(22)15-23-20-6-2-3-7-21(20)25(30-29-23)32-13-11-31(12-14-32)24-10-9-18(16-27)17-28-24/h1-10,17H,11-15H2. The first kappa shape index (κ1) is 20.2. The fraction of sp³-hybridized carbons (Fsp3) is 0.200. The van der Waals surface area contributed by atoms with Gasteiger partial charge in [0.2, 0.25) is 0 Å². The molecule has 2 aromatic carbocycles. The van der Waals surface area contributed by atoms with Crippen LogP contribution >= 0.6 is 11.6 Å². The first-order valence-corrected chi connectivity index (χ1v) is 10.9. The molecule has 6 nitrogen and oxygen atoms in total. The van der Waals surface area contributed by atoms with Crippen LogP contribution in [0, 0.1) is 11.3 Å². The summed E-state index contributed by atoms with van der Waals surface area (Å²) < 4.78 is 0. The zero-order valence-corrected chi connectivity index (χ0v) is 18.2. The van der Waals surface area contributed by atoms with Gasteiger partial charge in [0.25, 0.3) is 0 Å². The van der Waals surface area contributed by atoms with Gasteiger partial charge in [-0.2, -0.15) is 10.4 Å². The summed E-state index contributed by atoms with van der Waals surface area (Å²) in [6, 6.07) is 22.0. The molecule has 1 saturated heterocycles. The first-order chi connectivity index (χ1) is 15.7. The maximum atomic E-state index is 8.97. The van der Waals surface area contributed by atoms with Crippen molar-refractivity contribution in [2.45, 2.75) is 6.42 Å². The lowest BCUT2D eigenvalue weighted by atomic mass is 10.0. The van der Waals surface area contributed by atoms with Gasteiger partial charge in [-0.3, -0.25) is 0 Å². The van der Waals surface area contributed by atoms with Gasteiger partial charge in [-0.25, -0.2) is 4.98 Å². The number of nitriles is 1. The van der Waals surface area contributed by atoms with E-state index in [1.807, 2.05) is 48.5 Å². The molecule has 1 fully saturated rings. The van der Waals surface area contributed by atoms with Crippen molar-refractivity contribution < 1.29 is 0 Å². The van der Waals surface area contributed by atoms with E-state index in [4.69, 9.17) is 16.9 Å². The molecular weight excluding hydrogens is 420 g/mol. The number of benzene rings is 2. The average molecular weight is 441 g/mol. The van der Waals surface area contributed by atoms with Crippen molar-refractivity contribution in [3.8, 4) is 6.07 Å². The van der Waals surface area contributed by atoms with Crippen LogP contribution in [0.3, 0.4) is 0 Å². The second kappa shape index (κ2) is 8.81. The van der Waals surface area contributed by atoms with Crippen molar-refractivity contribution in [3.63, 3.8) is 0 Å². The average Bonchev–Trinajstić information content (AvgIpc) is 2.86. The first-order valence-electron chi connectivity index (χ1n) is 10.6. The SMILES string of the molecule is N#Cc1ccc(N2CCN(c3nnc(Cc4ccccc4Cl)c4ccccc34)CC2)nc1. The number of piperazine rings is 1. The quantitative estimate of drug-likeness (QED) is 0.466. The topological polar surface area (TPSA) is 68.9 Å². The van der Waals surface area contributed by atoms with Gasteiger partial charge >= 0.3 is 0 Å². The number of aromatic nitrogens is 3. The van der Waals surface area contributed by atoms with Gasteiger partial charge in [-0.05, 0) is 23.8 Å². The Hall–Kier alpha value is -3.69. The number of halogens is 1. The fourth-order valence-electron chi connectivity index (χ4n) is 4.12. The van der Waals surface area contributed by atoms with Crippen LogP contribution in [-0.4, -0.2) is 41.4 Å². The van der Waals surface area contributed by atoms with E-state index in [0.717, 1.165) is 64.9 Å². The number of pyridine rings is 1. The minimum absolute atomic E-state index is 0.575. The van der Waals surface area contributed by atoms with Crippen LogP contribution in [0.5, 0.6) is 0 Å². The Kier molecular flexibility index (Phi) is 5.57. The molecule has 0 saturated carbocycles. The number of anilines is 2. The van der Waals surface area contributed by atoms with Crippen LogP contribution in [0.4, 0.5) is 11.6 Å². The number of hydrogen-bond donors (Lipinski definition) is 0. The number of rotatable bonds is 4. The highest BCUT2D eigenvalue weighted by Crippen LogP contribution is 2.29. The lowest BCUT2D eigenvalue weighted by Gasteiger charge is -2.36. The van der Waals surface area contributed by atoms with Gasteiger partial charge in [-0.15, -0.1) is 5.10 Å². The molecule has 32 heavy (non-hydrogen) atoms. The molecule has 5 rings (SSSR count). The third-order valence-corrected chi connectivity index (χ3v) is 6.21. The Morgan fingerprint density at radius 3 is 2.28 bits per heavy atom. The third kappa shape index (κ3) is 3.95. The van der Waals surface area contributed by atoms with Crippen molar-refractivity contribution in [2.75, 3.05) is 36.0 Å². The highest BCUT2D eigenvalue weighted by molar-refractivity contribution is 6.31. The van der Waals surface area contributed by atoms with Gasteiger partial charge < -0.3 is 9.80 Å². The number of hydrogen-bond acceptors (Lipinski definition) is 6. The van der Waals surface area contributed by atoms with Crippen molar-refractivity contribution >= 4 is 34.0 Å². The smallest absolute Gasteiger partial charge is 0.159 e. The molecular formula is C25H21ClN6. The maximum Gasteiger partial charge on any atom is 0.159 e. The molecule has 7 heteroatoms. The van der Waals surface area contributed by atoms with Gasteiger partial charge in [-0.1, -0.05) is 54.1 Å².